The molecule has 10 heteroatoms. The Balaban J connectivity index is 1.67. The molecule has 0 unspecified atom stereocenters. The fourth-order valence-corrected chi connectivity index (χ4v) is 4.73. The summed E-state index contributed by atoms with van der Waals surface area (Å²) in [6, 6.07) is 6.62. The first-order chi connectivity index (χ1) is 13.2. The number of urea groups is 1. The number of sulfone groups is 1. The van der Waals surface area contributed by atoms with Crippen LogP contribution in [0.2, 0.25) is 0 Å². The highest BCUT2D eigenvalue weighted by Crippen LogP contribution is 2.41. The van der Waals surface area contributed by atoms with Crippen LogP contribution in [0.5, 0.6) is 0 Å². The van der Waals surface area contributed by atoms with E-state index in [0.717, 1.165) is 0 Å². The van der Waals surface area contributed by atoms with Crippen LogP contribution in [-0.2, 0) is 9.84 Å². The quantitative estimate of drug-likeness (QED) is 0.836. The maximum absolute atomic E-state index is 14.9. The Bertz CT molecular complexity index is 946. The van der Waals surface area contributed by atoms with Crippen LogP contribution in [-0.4, -0.2) is 47.9 Å². The van der Waals surface area contributed by atoms with Gasteiger partial charge in [-0.1, -0.05) is 12.1 Å². The SMILES string of the molecule is Cc1cccc(S(=O)(=O)C(F)(F)C2CCN(C(=O)Nc3ccnnc3)CC2)c1. The summed E-state index contributed by atoms with van der Waals surface area (Å²) in [7, 11) is -4.81. The summed E-state index contributed by atoms with van der Waals surface area (Å²) in [5, 5.41) is 5.94. The molecule has 150 valence electrons. The molecule has 0 bridgehead atoms. The van der Waals surface area contributed by atoms with Crippen LogP contribution in [0.4, 0.5) is 19.3 Å². The lowest BCUT2D eigenvalue weighted by molar-refractivity contribution is 0.000423. The second-order valence-electron chi connectivity index (χ2n) is 6.70. The Morgan fingerprint density at radius 3 is 2.54 bits per heavy atom. The molecular formula is C18H20F2N4O3S. The molecule has 1 N–H and O–H groups in total. The van der Waals surface area contributed by atoms with Gasteiger partial charge in [-0.15, -0.1) is 0 Å². The first-order valence-corrected chi connectivity index (χ1v) is 10.2. The average molecular weight is 410 g/mol. The molecule has 0 saturated carbocycles. The van der Waals surface area contributed by atoms with Gasteiger partial charge in [-0.3, -0.25) is 0 Å². The number of carbonyl (C=O) groups excluding carboxylic acids is 1. The summed E-state index contributed by atoms with van der Waals surface area (Å²) >= 11 is 0. The highest BCUT2D eigenvalue weighted by molar-refractivity contribution is 7.92. The van der Waals surface area contributed by atoms with E-state index in [0.29, 0.717) is 11.3 Å². The number of carbonyl (C=O) groups is 1. The molecule has 28 heavy (non-hydrogen) atoms. The van der Waals surface area contributed by atoms with E-state index in [2.05, 4.69) is 15.5 Å². The molecule has 1 saturated heterocycles. The molecule has 1 aromatic carbocycles. The number of piperidine rings is 1. The van der Waals surface area contributed by atoms with Crippen molar-refractivity contribution in [2.75, 3.05) is 18.4 Å². The average Bonchev–Trinajstić information content (AvgIpc) is 2.68. The zero-order chi connectivity index (χ0) is 20.4. The Morgan fingerprint density at radius 2 is 1.93 bits per heavy atom. The first kappa shape index (κ1) is 20.1. The lowest BCUT2D eigenvalue weighted by Crippen LogP contribution is -2.47. The smallest absolute Gasteiger partial charge is 0.325 e. The van der Waals surface area contributed by atoms with E-state index in [-0.39, 0.29) is 30.8 Å². The number of halogens is 2. The van der Waals surface area contributed by atoms with Crippen molar-refractivity contribution in [1.82, 2.24) is 15.1 Å². The lowest BCUT2D eigenvalue weighted by Gasteiger charge is -2.35. The molecule has 0 radical (unpaired) electrons. The van der Waals surface area contributed by atoms with Gasteiger partial charge in [0.05, 0.1) is 23.0 Å². The summed E-state index contributed by atoms with van der Waals surface area (Å²) in [6.07, 6.45) is 2.56. The van der Waals surface area contributed by atoms with Gasteiger partial charge >= 0.3 is 11.3 Å². The number of alkyl halides is 2. The standard InChI is InChI=1S/C18H20F2N4O3S/c1-13-3-2-4-16(11-13)28(26,27)18(19,20)14-6-9-24(10-7-14)17(25)23-15-5-8-21-22-12-15/h2-5,8,11-12,14H,6-7,9-10H2,1H3,(H,21,23,25). The van der Waals surface area contributed by atoms with Crippen molar-refractivity contribution in [2.45, 2.75) is 29.9 Å². The normalized spacial score (nSPS) is 16.0. The summed E-state index contributed by atoms with van der Waals surface area (Å²) in [6.45, 7) is 1.72. The monoisotopic (exact) mass is 410 g/mol. The minimum Gasteiger partial charge on any atom is -0.325 e. The van der Waals surface area contributed by atoms with Crippen LogP contribution in [0.3, 0.4) is 0 Å². The van der Waals surface area contributed by atoms with Crippen molar-refractivity contribution in [1.29, 1.82) is 0 Å². The van der Waals surface area contributed by atoms with Crippen molar-refractivity contribution >= 4 is 21.6 Å². The van der Waals surface area contributed by atoms with Crippen molar-refractivity contribution < 1.29 is 22.0 Å². The topological polar surface area (TPSA) is 92.3 Å². The minimum absolute atomic E-state index is 0.0357. The second kappa shape index (κ2) is 7.78. The van der Waals surface area contributed by atoms with Gasteiger partial charge in [-0.25, -0.2) is 13.2 Å². The molecule has 1 aliphatic rings. The summed E-state index contributed by atoms with van der Waals surface area (Å²) in [5.74, 6) is -1.36. The number of rotatable bonds is 4. The van der Waals surface area contributed by atoms with Gasteiger partial charge in [0, 0.05) is 19.0 Å². The van der Waals surface area contributed by atoms with Gasteiger partial charge in [-0.05, 0) is 43.5 Å². The number of aromatic nitrogens is 2. The van der Waals surface area contributed by atoms with E-state index in [1.807, 2.05) is 0 Å². The number of hydrogen-bond acceptors (Lipinski definition) is 5. The highest BCUT2D eigenvalue weighted by Gasteiger charge is 2.53. The molecule has 1 aromatic heterocycles. The van der Waals surface area contributed by atoms with Crippen LogP contribution in [0.25, 0.3) is 0 Å². The summed E-state index contributed by atoms with van der Waals surface area (Å²) in [4.78, 5) is 13.2. The van der Waals surface area contributed by atoms with Crippen molar-refractivity contribution in [3.63, 3.8) is 0 Å². The van der Waals surface area contributed by atoms with Gasteiger partial charge in [0.2, 0.25) is 9.84 Å². The van der Waals surface area contributed by atoms with Crippen LogP contribution in [0, 0.1) is 12.8 Å². The van der Waals surface area contributed by atoms with E-state index in [1.165, 1.54) is 35.5 Å². The van der Waals surface area contributed by atoms with Crippen LogP contribution < -0.4 is 5.32 Å². The number of aryl methyl sites for hydroxylation is 1. The number of benzene rings is 1. The van der Waals surface area contributed by atoms with Gasteiger partial charge in [0.15, 0.2) is 0 Å². The molecule has 0 spiro atoms. The van der Waals surface area contributed by atoms with E-state index in [9.17, 15) is 22.0 Å². The van der Waals surface area contributed by atoms with Crippen molar-refractivity contribution in [3.05, 3.63) is 48.3 Å². The first-order valence-electron chi connectivity index (χ1n) is 8.73. The van der Waals surface area contributed by atoms with E-state index in [1.54, 1.807) is 19.1 Å². The third-order valence-corrected chi connectivity index (χ3v) is 6.68. The van der Waals surface area contributed by atoms with Gasteiger partial charge in [0.25, 0.3) is 0 Å². The Morgan fingerprint density at radius 1 is 1.21 bits per heavy atom. The summed E-state index contributed by atoms with van der Waals surface area (Å²) < 4.78 is 54.7. The molecule has 1 fully saturated rings. The lowest BCUT2D eigenvalue weighted by atomic mass is 9.97. The van der Waals surface area contributed by atoms with E-state index >= 15 is 0 Å². The Labute approximate surface area is 161 Å². The molecule has 7 nitrogen and oxygen atoms in total. The molecule has 2 aromatic rings. The van der Waals surface area contributed by atoms with Crippen molar-refractivity contribution in [2.24, 2.45) is 5.92 Å². The van der Waals surface area contributed by atoms with Gasteiger partial charge in [-0.2, -0.15) is 19.0 Å². The number of anilines is 1. The molecule has 2 heterocycles. The zero-order valence-corrected chi connectivity index (χ0v) is 16.0. The van der Waals surface area contributed by atoms with Crippen LogP contribution in [0.1, 0.15) is 18.4 Å². The molecule has 0 atom stereocenters. The second-order valence-corrected chi connectivity index (χ2v) is 8.73. The number of nitrogens with one attached hydrogen (secondary N) is 1. The maximum Gasteiger partial charge on any atom is 0.352 e. The predicted octanol–water partition coefficient (Wildman–Crippen LogP) is 3.10. The van der Waals surface area contributed by atoms with Crippen molar-refractivity contribution in [3.8, 4) is 0 Å². The fourth-order valence-electron chi connectivity index (χ4n) is 3.14. The number of nitrogens with zero attached hydrogens (tertiary/aromatic N) is 3. The molecule has 1 aliphatic heterocycles. The third kappa shape index (κ3) is 3.96. The number of amides is 2. The Kier molecular flexibility index (Phi) is 5.59. The van der Waals surface area contributed by atoms with E-state index < -0.39 is 27.0 Å². The Hall–Kier alpha value is -2.62. The van der Waals surface area contributed by atoms with Crippen LogP contribution >= 0.6 is 0 Å². The van der Waals surface area contributed by atoms with E-state index in [4.69, 9.17) is 0 Å². The molecule has 2 amide bonds. The largest absolute Gasteiger partial charge is 0.352 e. The zero-order valence-electron chi connectivity index (χ0n) is 15.2. The third-order valence-electron chi connectivity index (χ3n) is 4.75. The van der Waals surface area contributed by atoms with Gasteiger partial charge in [0.1, 0.15) is 0 Å². The fraction of sp³-hybridized carbons (Fsp3) is 0.389. The van der Waals surface area contributed by atoms with Gasteiger partial charge < -0.3 is 10.2 Å². The molecule has 3 rings (SSSR count). The number of hydrogen-bond donors (Lipinski definition) is 1. The minimum atomic E-state index is -4.81. The maximum atomic E-state index is 14.9. The predicted molar refractivity (Wildman–Crippen MR) is 98.7 cm³/mol. The van der Waals surface area contributed by atoms with Crippen LogP contribution in [0.15, 0.2) is 47.6 Å². The highest BCUT2D eigenvalue weighted by atomic mass is 32.2. The number of likely N-dealkylation sites (tertiary alicyclic amines) is 1. The molecular weight excluding hydrogens is 390 g/mol. The molecule has 0 aliphatic carbocycles. The summed E-state index contributed by atoms with van der Waals surface area (Å²) in [5.41, 5.74) is 1.03.